The third kappa shape index (κ3) is 8.97. The number of furan rings is 1. The molecule has 0 N–H and O–H groups in total. The molecule has 0 aliphatic rings. The fourth-order valence-corrected chi connectivity index (χ4v) is 1.85. The van der Waals surface area contributed by atoms with Gasteiger partial charge in [-0.15, -0.1) is 12.3 Å². The summed E-state index contributed by atoms with van der Waals surface area (Å²) in [5.74, 6) is 3.74. The Labute approximate surface area is 117 Å². The number of unbranched alkanes of at least 4 members (excludes halogenated alkanes) is 4. The van der Waals surface area contributed by atoms with Gasteiger partial charge in [0.15, 0.2) is 0 Å². The van der Waals surface area contributed by atoms with E-state index in [4.69, 9.17) is 10.8 Å². The van der Waals surface area contributed by atoms with Crippen molar-refractivity contribution in [3.05, 3.63) is 48.5 Å². The first-order valence-electron chi connectivity index (χ1n) is 7.19. The molecule has 19 heavy (non-hydrogen) atoms. The molecule has 1 aromatic heterocycles. The molecule has 0 aliphatic carbocycles. The molecule has 0 saturated carbocycles. The van der Waals surface area contributed by atoms with E-state index >= 15 is 0 Å². The van der Waals surface area contributed by atoms with E-state index in [2.05, 4.69) is 30.2 Å². The highest BCUT2D eigenvalue weighted by Crippen LogP contribution is 2.05. The van der Waals surface area contributed by atoms with Crippen LogP contribution in [-0.4, -0.2) is 0 Å². The van der Waals surface area contributed by atoms with Crippen LogP contribution in [0.15, 0.2) is 47.1 Å². The van der Waals surface area contributed by atoms with Crippen LogP contribution in [-0.2, 0) is 6.42 Å². The van der Waals surface area contributed by atoms with Gasteiger partial charge in [-0.2, -0.15) is 0 Å². The molecule has 0 saturated heterocycles. The maximum atomic E-state index is 5.27. The Hall–Kier alpha value is -1.68. The fourth-order valence-electron chi connectivity index (χ4n) is 1.85. The van der Waals surface area contributed by atoms with Gasteiger partial charge in [0, 0.05) is 12.8 Å². The second-order valence-electron chi connectivity index (χ2n) is 4.60. The lowest BCUT2D eigenvalue weighted by Crippen LogP contribution is -1.77. The van der Waals surface area contributed by atoms with Gasteiger partial charge >= 0.3 is 0 Å². The molecule has 1 heterocycles. The summed E-state index contributed by atoms with van der Waals surface area (Å²) < 4.78 is 5.27. The first-order valence-corrected chi connectivity index (χ1v) is 7.19. The molecule has 1 aromatic rings. The highest BCUT2D eigenvalue weighted by Gasteiger charge is 1.91. The third-order valence-electron chi connectivity index (χ3n) is 2.93. The number of aryl methyl sites for hydroxylation is 1. The normalized spacial score (nSPS) is 11.3. The van der Waals surface area contributed by atoms with E-state index in [0.29, 0.717) is 0 Å². The van der Waals surface area contributed by atoms with Crippen LogP contribution in [0.4, 0.5) is 0 Å². The highest BCUT2D eigenvalue weighted by molar-refractivity contribution is 5.00. The molecular formula is C18H24O. The quantitative estimate of drug-likeness (QED) is 0.314. The molecule has 0 aliphatic heterocycles. The van der Waals surface area contributed by atoms with Gasteiger partial charge in [0.25, 0.3) is 0 Å². The van der Waals surface area contributed by atoms with Gasteiger partial charge in [-0.3, -0.25) is 0 Å². The molecule has 0 bridgehead atoms. The number of terminal acetylenes is 1. The maximum Gasteiger partial charge on any atom is 0.104 e. The van der Waals surface area contributed by atoms with Crippen molar-refractivity contribution in [2.75, 3.05) is 0 Å². The summed E-state index contributed by atoms with van der Waals surface area (Å²) in [6.45, 7) is 0. The molecule has 0 aromatic carbocycles. The minimum Gasteiger partial charge on any atom is -0.469 e. The zero-order chi connectivity index (χ0) is 13.6. The summed E-state index contributed by atoms with van der Waals surface area (Å²) in [5, 5.41) is 0. The van der Waals surface area contributed by atoms with Crippen molar-refractivity contribution in [2.45, 2.75) is 51.4 Å². The van der Waals surface area contributed by atoms with E-state index in [0.717, 1.165) is 37.9 Å². The largest absolute Gasteiger partial charge is 0.469 e. The Balaban J connectivity index is 1.90. The summed E-state index contributed by atoms with van der Waals surface area (Å²) in [6.07, 6.45) is 24.7. The molecule has 0 spiro atoms. The van der Waals surface area contributed by atoms with E-state index in [9.17, 15) is 0 Å². The van der Waals surface area contributed by atoms with Crippen LogP contribution in [0.2, 0.25) is 0 Å². The van der Waals surface area contributed by atoms with Crippen molar-refractivity contribution in [3.63, 3.8) is 0 Å². The highest BCUT2D eigenvalue weighted by atomic mass is 16.3. The topological polar surface area (TPSA) is 13.1 Å². The van der Waals surface area contributed by atoms with E-state index in [1.165, 1.54) is 19.3 Å². The second-order valence-corrected chi connectivity index (χ2v) is 4.60. The lowest BCUT2D eigenvalue weighted by atomic mass is 10.1. The van der Waals surface area contributed by atoms with E-state index in [1.54, 1.807) is 6.26 Å². The zero-order valence-electron chi connectivity index (χ0n) is 11.7. The monoisotopic (exact) mass is 256 g/mol. The van der Waals surface area contributed by atoms with Crippen molar-refractivity contribution in [2.24, 2.45) is 0 Å². The van der Waals surface area contributed by atoms with Crippen LogP contribution in [0.5, 0.6) is 0 Å². The van der Waals surface area contributed by atoms with Crippen LogP contribution in [0.3, 0.4) is 0 Å². The number of rotatable bonds is 10. The molecule has 1 nitrogen and oxygen atoms in total. The van der Waals surface area contributed by atoms with E-state index < -0.39 is 0 Å². The van der Waals surface area contributed by atoms with E-state index in [-0.39, 0.29) is 0 Å². The molecule has 0 amide bonds. The first kappa shape index (κ1) is 15.4. The Morgan fingerprint density at radius 1 is 1.05 bits per heavy atom. The van der Waals surface area contributed by atoms with Crippen molar-refractivity contribution < 1.29 is 4.42 Å². The lowest BCUT2D eigenvalue weighted by Gasteiger charge is -1.93. The molecular weight excluding hydrogens is 232 g/mol. The molecule has 102 valence electrons. The summed E-state index contributed by atoms with van der Waals surface area (Å²) in [7, 11) is 0. The molecule has 0 unspecified atom stereocenters. The summed E-state index contributed by atoms with van der Waals surface area (Å²) in [6, 6.07) is 3.96. The summed E-state index contributed by atoms with van der Waals surface area (Å²) in [5.41, 5.74) is 0. The minimum absolute atomic E-state index is 0.919. The molecule has 0 radical (unpaired) electrons. The van der Waals surface area contributed by atoms with Crippen molar-refractivity contribution in [1.29, 1.82) is 0 Å². The SMILES string of the molecule is C#CCCCCCC=CCC=CCCc1ccco1. The third-order valence-corrected chi connectivity index (χ3v) is 2.93. The maximum absolute atomic E-state index is 5.27. The minimum atomic E-state index is 0.919. The average Bonchev–Trinajstić information content (AvgIpc) is 2.93. The van der Waals surface area contributed by atoms with Gasteiger partial charge in [0.1, 0.15) is 5.76 Å². The van der Waals surface area contributed by atoms with Crippen molar-refractivity contribution in [1.82, 2.24) is 0 Å². The molecule has 0 fully saturated rings. The second kappa shape index (κ2) is 11.4. The van der Waals surface area contributed by atoms with Crippen LogP contribution in [0, 0.1) is 12.3 Å². The van der Waals surface area contributed by atoms with Gasteiger partial charge in [0.2, 0.25) is 0 Å². The Morgan fingerprint density at radius 2 is 1.89 bits per heavy atom. The first-order chi connectivity index (χ1) is 9.43. The fraction of sp³-hybridized carbons (Fsp3) is 0.444. The molecule has 0 atom stereocenters. The summed E-state index contributed by atoms with van der Waals surface area (Å²) >= 11 is 0. The predicted molar refractivity (Wildman–Crippen MR) is 81.8 cm³/mol. The Bertz CT molecular complexity index is 390. The zero-order valence-corrected chi connectivity index (χ0v) is 11.7. The van der Waals surface area contributed by atoms with Gasteiger partial charge in [-0.1, -0.05) is 30.7 Å². The van der Waals surface area contributed by atoms with Gasteiger partial charge in [-0.05, 0) is 44.2 Å². The van der Waals surface area contributed by atoms with Gasteiger partial charge in [0.05, 0.1) is 6.26 Å². The summed E-state index contributed by atoms with van der Waals surface area (Å²) in [4.78, 5) is 0. The number of allylic oxidation sites excluding steroid dienone is 4. The Morgan fingerprint density at radius 3 is 2.63 bits per heavy atom. The molecule has 1 rings (SSSR count). The van der Waals surface area contributed by atoms with E-state index in [1.807, 2.05) is 12.1 Å². The van der Waals surface area contributed by atoms with Gasteiger partial charge < -0.3 is 4.42 Å². The lowest BCUT2D eigenvalue weighted by molar-refractivity contribution is 0.510. The van der Waals surface area contributed by atoms with Gasteiger partial charge in [-0.25, -0.2) is 0 Å². The van der Waals surface area contributed by atoms with Crippen LogP contribution in [0.25, 0.3) is 0 Å². The predicted octanol–water partition coefficient (Wildman–Crippen LogP) is 5.30. The van der Waals surface area contributed by atoms with Crippen molar-refractivity contribution >= 4 is 0 Å². The van der Waals surface area contributed by atoms with Crippen LogP contribution < -0.4 is 0 Å². The average molecular weight is 256 g/mol. The van der Waals surface area contributed by atoms with Crippen LogP contribution in [0.1, 0.15) is 50.7 Å². The number of hydrogen-bond donors (Lipinski definition) is 0. The Kier molecular flexibility index (Phi) is 9.24. The molecule has 1 heteroatoms. The number of hydrogen-bond acceptors (Lipinski definition) is 1. The van der Waals surface area contributed by atoms with Crippen LogP contribution >= 0.6 is 0 Å². The van der Waals surface area contributed by atoms with Crippen molar-refractivity contribution in [3.8, 4) is 12.3 Å². The standard InChI is InChI=1S/C18H24O/c1-2-3-4-5-6-7-8-9-10-11-12-13-15-18-16-14-17-19-18/h1,8-9,11-12,14,16-17H,3-7,10,13,15H2. The smallest absolute Gasteiger partial charge is 0.104 e.